The number of carboxylic acid groups (broad SMARTS) is 2. The maximum atomic E-state index is 9.86. The van der Waals surface area contributed by atoms with Gasteiger partial charge in [-0.1, -0.05) is 0 Å². The number of hydrogen-bond acceptors (Lipinski definition) is 5. The third-order valence-electron chi connectivity index (χ3n) is 0.341. The third kappa shape index (κ3) is 24.1. The van der Waals surface area contributed by atoms with Gasteiger partial charge in [0.1, 0.15) is 0 Å². The summed E-state index contributed by atoms with van der Waals surface area (Å²) in [6.45, 7) is 0. The van der Waals surface area contributed by atoms with Crippen LogP contribution >= 0.6 is 0 Å². The Morgan fingerprint density at radius 1 is 0.786 bits per heavy atom. The van der Waals surface area contributed by atoms with E-state index in [0.29, 0.717) is 0 Å². The molecule has 0 radical (unpaired) electrons. The fourth-order valence-electron chi connectivity index (χ4n) is 0.163. The summed E-state index contributed by atoms with van der Waals surface area (Å²) < 4.78 is 6.47. The van der Waals surface area contributed by atoms with E-state index >= 15 is 0 Å². The molecule has 0 aromatic rings. The van der Waals surface area contributed by atoms with Crippen LogP contribution in [-0.2, 0) is 9.47 Å². The van der Waals surface area contributed by atoms with Crippen LogP contribution in [0.5, 0.6) is 0 Å². The van der Waals surface area contributed by atoms with Gasteiger partial charge in [0.25, 0.3) is 0 Å². The Hall–Kier alpha value is 2.73. The minimum absolute atomic E-state index is 0. The Morgan fingerprint density at radius 3 is 1.14 bits per heavy atom. The molecule has 0 aromatic carbocycles. The predicted molar refractivity (Wildman–Crippen MR) is 55.0 cm³/mol. The molecule has 68 valence electrons. The van der Waals surface area contributed by atoms with Gasteiger partial charge >= 0.3 is 153 Å². The van der Waals surface area contributed by atoms with Gasteiger partial charge in [-0.2, -0.15) is 0 Å². The van der Waals surface area contributed by atoms with Crippen LogP contribution < -0.4 is 0 Å². The van der Waals surface area contributed by atoms with Crippen molar-refractivity contribution >= 4 is 153 Å². The quantitative estimate of drug-likeness (QED) is 0.284. The summed E-state index contributed by atoms with van der Waals surface area (Å²) in [6.07, 6.45) is -5.64. The molecule has 11 heteroatoms. The summed E-state index contributed by atoms with van der Waals surface area (Å²) in [6, 6.07) is 0. The third-order valence-corrected chi connectivity index (χ3v) is 0.341. The normalized spacial score (nSPS) is 5.71. The molecule has 0 saturated carbocycles. The van der Waals surface area contributed by atoms with Gasteiger partial charge in [0.05, 0.1) is 0 Å². The first-order valence-electron chi connectivity index (χ1n) is 1.88. The van der Waals surface area contributed by atoms with Gasteiger partial charge < -0.3 is 19.7 Å². The second-order valence-corrected chi connectivity index (χ2v) is 0.986. The molecule has 0 aliphatic rings. The molecule has 0 atom stereocenters. The van der Waals surface area contributed by atoms with Crippen LogP contribution in [0.2, 0.25) is 0 Å². The zero-order valence-electron chi connectivity index (χ0n) is 4.44. The number of carbonyl (C=O) groups excluding carboxylic acids is 1. The van der Waals surface area contributed by atoms with E-state index in [4.69, 9.17) is 10.2 Å². The molecular formula is C3H8Ca2Na2O7. The van der Waals surface area contributed by atoms with Gasteiger partial charge in [-0.25, -0.2) is 14.4 Å². The molecule has 0 saturated heterocycles. The fraction of sp³-hybridized carbons (Fsp3) is 0. The van der Waals surface area contributed by atoms with Crippen molar-refractivity contribution in [2.45, 2.75) is 0 Å². The van der Waals surface area contributed by atoms with Crippen LogP contribution in [0.15, 0.2) is 0 Å². The average molecular weight is 282 g/mol. The SMILES string of the molecule is O=C(O)OC(=O)OC(=O)O.[CaH2].[CaH2].[NaH].[NaH]. The second-order valence-electron chi connectivity index (χ2n) is 0.986. The van der Waals surface area contributed by atoms with E-state index in [1.54, 1.807) is 0 Å². The number of ether oxygens (including phenoxy) is 2. The average Bonchev–Trinajstić information content (AvgIpc) is 1.58. The van der Waals surface area contributed by atoms with Crippen molar-refractivity contribution < 1.29 is 34.1 Å². The van der Waals surface area contributed by atoms with Crippen LogP contribution in [0.4, 0.5) is 14.4 Å². The van der Waals surface area contributed by atoms with Crippen molar-refractivity contribution in [3.8, 4) is 0 Å². The van der Waals surface area contributed by atoms with E-state index in [9.17, 15) is 14.4 Å². The van der Waals surface area contributed by atoms with E-state index < -0.39 is 18.5 Å². The number of carbonyl (C=O) groups is 3. The van der Waals surface area contributed by atoms with Crippen LogP contribution in [0.3, 0.4) is 0 Å². The second kappa shape index (κ2) is 18.1. The van der Waals surface area contributed by atoms with Crippen LogP contribution in [0.1, 0.15) is 0 Å². The van der Waals surface area contributed by atoms with Crippen LogP contribution in [0, 0.1) is 0 Å². The van der Waals surface area contributed by atoms with Gasteiger partial charge in [-0.3, -0.25) is 0 Å². The molecule has 0 unspecified atom stereocenters. The molecule has 0 fully saturated rings. The molecule has 0 rings (SSSR count). The molecule has 0 spiro atoms. The van der Waals surface area contributed by atoms with Crippen molar-refractivity contribution in [3.63, 3.8) is 0 Å². The van der Waals surface area contributed by atoms with Gasteiger partial charge in [0, 0.05) is 0 Å². The summed E-state index contributed by atoms with van der Waals surface area (Å²) in [7, 11) is 0. The van der Waals surface area contributed by atoms with Crippen molar-refractivity contribution in [1.29, 1.82) is 0 Å². The number of rotatable bonds is 0. The van der Waals surface area contributed by atoms with E-state index in [1.807, 2.05) is 0 Å². The summed E-state index contributed by atoms with van der Waals surface area (Å²) in [4.78, 5) is 28.8. The Morgan fingerprint density at radius 2 is 1.00 bits per heavy atom. The maximum absolute atomic E-state index is 9.86. The number of hydrogen-bond donors (Lipinski definition) is 2. The first-order chi connectivity index (χ1) is 4.52. The van der Waals surface area contributed by atoms with Crippen LogP contribution in [-0.4, -0.2) is 163 Å². The van der Waals surface area contributed by atoms with Crippen molar-refractivity contribution in [2.24, 2.45) is 0 Å². The molecule has 7 nitrogen and oxygen atoms in total. The van der Waals surface area contributed by atoms with E-state index in [1.165, 1.54) is 0 Å². The summed E-state index contributed by atoms with van der Waals surface area (Å²) >= 11 is 0. The fourth-order valence-corrected chi connectivity index (χ4v) is 0.163. The van der Waals surface area contributed by atoms with E-state index in [2.05, 4.69) is 9.47 Å². The molecule has 0 aromatic heterocycles. The zero-order chi connectivity index (χ0) is 8.15. The molecule has 2 N–H and O–H groups in total. The molecule has 0 amide bonds. The predicted octanol–water partition coefficient (Wildman–Crippen LogP) is -2.63. The Balaban J connectivity index is -0.0000000675. The van der Waals surface area contributed by atoms with E-state index in [0.717, 1.165) is 0 Å². The monoisotopic (exact) mass is 282 g/mol. The van der Waals surface area contributed by atoms with Gasteiger partial charge in [-0.05, 0) is 0 Å². The van der Waals surface area contributed by atoms with Crippen molar-refractivity contribution in [1.82, 2.24) is 0 Å². The Bertz CT molecular complexity index is 168. The van der Waals surface area contributed by atoms with Gasteiger partial charge in [0.15, 0.2) is 0 Å². The first-order valence-corrected chi connectivity index (χ1v) is 1.88. The molecule has 0 heterocycles. The molecule has 14 heavy (non-hydrogen) atoms. The van der Waals surface area contributed by atoms with Gasteiger partial charge in [0.2, 0.25) is 0 Å². The molecule has 0 aliphatic carbocycles. The molecule has 0 aliphatic heterocycles. The van der Waals surface area contributed by atoms with Gasteiger partial charge in [-0.15, -0.1) is 0 Å². The minimum atomic E-state index is -1.92. The van der Waals surface area contributed by atoms with E-state index in [-0.39, 0.29) is 135 Å². The zero-order valence-corrected chi connectivity index (χ0v) is 4.44. The topological polar surface area (TPSA) is 110 Å². The summed E-state index contributed by atoms with van der Waals surface area (Å²) in [5.41, 5.74) is 0. The van der Waals surface area contributed by atoms with Crippen molar-refractivity contribution in [3.05, 3.63) is 0 Å². The molecule has 0 bridgehead atoms. The summed E-state index contributed by atoms with van der Waals surface area (Å²) in [5, 5.41) is 15.4. The standard InChI is InChI=1S/C3H2O7.2Ca.2Na.6H/c4-1(5)9-3(8)10-2(6)7;;;;;;;;;;/h(H,4,5)(H,6,7);;;;;;;;;;. The Kier molecular flexibility index (Phi) is 38.9. The molecular weight excluding hydrogens is 274 g/mol. The van der Waals surface area contributed by atoms with Crippen molar-refractivity contribution in [2.75, 3.05) is 0 Å². The summed E-state index contributed by atoms with van der Waals surface area (Å²) in [5.74, 6) is 0. The van der Waals surface area contributed by atoms with Crippen LogP contribution in [0.25, 0.3) is 0 Å². The first kappa shape index (κ1) is 30.1. The Labute approximate surface area is 183 Å².